The Bertz CT molecular complexity index is 1170. The Labute approximate surface area is 191 Å². The molecule has 172 valence electrons. The first kappa shape index (κ1) is 21.4. The van der Waals surface area contributed by atoms with Crippen molar-refractivity contribution in [1.82, 2.24) is 9.91 Å². The molecule has 1 amide bonds. The topological polar surface area (TPSA) is 54.4 Å². The Morgan fingerprint density at radius 2 is 1.82 bits per heavy atom. The van der Waals surface area contributed by atoms with Crippen molar-refractivity contribution in [3.63, 3.8) is 0 Å². The molecule has 2 aromatic rings. The Balaban J connectivity index is 1.60. The van der Waals surface area contributed by atoms with Crippen LogP contribution >= 0.6 is 0 Å². The molecular weight excluding hydrogens is 428 g/mol. The largest absolute Gasteiger partial charge is 0.486 e. The molecule has 0 bridgehead atoms. The maximum absolute atomic E-state index is 14.6. The average Bonchev–Trinajstić information content (AvgIpc) is 3.15. The van der Waals surface area contributed by atoms with Gasteiger partial charge in [-0.1, -0.05) is 18.7 Å². The minimum Gasteiger partial charge on any atom is -0.486 e. The molecule has 3 heterocycles. The molecule has 2 spiro atoms. The molecule has 0 aliphatic carbocycles. The van der Waals surface area contributed by atoms with E-state index in [1.54, 1.807) is 0 Å². The number of para-hydroxylation sites is 1. The van der Waals surface area contributed by atoms with Crippen molar-refractivity contribution in [2.24, 2.45) is 5.10 Å². The van der Waals surface area contributed by atoms with Crippen molar-refractivity contribution in [2.45, 2.75) is 44.4 Å². The molecule has 8 heteroatoms. The summed E-state index contributed by atoms with van der Waals surface area (Å²) in [6.45, 7) is 8.89. The molecule has 1 fully saturated rings. The first-order valence-corrected chi connectivity index (χ1v) is 11.0. The number of hydrogen-bond acceptors (Lipinski definition) is 5. The Morgan fingerprint density at radius 1 is 1.09 bits per heavy atom. The summed E-state index contributed by atoms with van der Waals surface area (Å²) in [5, 5.41) is 5.60. The summed E-state index contributed by atoms with van der Waals surface area (Å²) < 4.78 is 41.4. The van der Waals surface area contributed by atoms with Gasteiger partial charge in [0.25, 0.3) is 0 Å². The number of carbonyl (C=O) groups is 1. The maximum atomic E-state index is 14.6. The van der Waals surface area contributed by atoms with Crippen LogP contribution in [-0.2, 0) is 15.3 Å². The Kier molecular flexibility index (Phi) is 4.92. The zero-order chi connectivity index (χ0) is 23.4. The third kappa shape index (κ3) is 3.44. The smallest absolute Gasteiger partial charge is 0.244 e. The van der Waals surface area contributed by atoms with E-state index >= 15 is 0 Å². The number of rotatable bonds is 2. The number of allylic oxidation sites excluding steroid dienone is 1. The molecule has 1 unspecified atom stereocenters. The predicted octanol–water partition coefficient (Wildman–Crippen LogP) is 4.51. The molecule has 1 atom stereocenters. The van der Waals surface area contributed by atoms with Gasteiger partial charge in [0.2, 0.25) is 17.5 Å². The van der Waals surface area contributed by atoms with Crippen LogP contribution in [0.25, 0.3) is 0 Å². The molecule has 6 nitrogen and oxygen atoms in total. The van der Waals surface area contributed by atoms with E-state index in [-0.39, 0.29) is 17.4 Å². The molecule has 0 N–H and O–H groups in total. The van der Waals surface area contributed by atoms with Crippen LogP contribution in [-0.4, -0.2) is 40.4 Å². The van der Waals surface area contributed by atoms with Gasteiger partial charge in [0, 0.05) is 38.6 Å². The minimum absolute atomic E-state index is 0.131. The van der Waals surface area contributed by atoms with Gasteiger partial charge >= 0.3 is 0 Å². The maximum Gasteiger partial charge on any atom is 0.244 e. The van der Waals surface area contributed by atoms with Gasteiger partial charge in [-0.2, -0.15) is 5.01 Å². The van der Waals surface area contributed by atoms with E-state index in [4.69, 9.17) is 9.47 Å². The van der Waals surface area contributed by atoms with Gasteiger partial charge in [0.05, 0.1) is 17.5 Å². The lowest BCUT2D eigenvalue weighted by Gasteiger charge is -2.51. The van der Waals surface area contributed by atoms with Crippen LogP contribution in [0.5, 0.6) is 5.75 Å². The summed E-state index contributed by atoms with van der Waals surface area (Å²) in [5.74, 6) is -1.21. The molecule has 3 aliphatic heterocycles. The summed E-state index contributed by atoms with van der Waals surface area (Å²) in [7, 11) is 0. The standard InChI is InChI=1S/C25H25F2N3O3/c1-16(2)29-12-10-24(11-13-29)15-25(20-6-4-5-7-22(20)32-24)30(17(3)31)28-23(33-25)19-14-18(26)8-9-21(19)27/h4-9,14H,1,10-13,15H2,2-3H3. The molecule has 33 heavy (non-hydrogen) atoms. The lowest BCUT2D eigenvalue weighted by Crippen LogP contribution is -2.58. The fourth-order valence-corrected chi connectivity index (χ4v) is 5.02. The number of likely N-dealkylation sites (tertiary alicyclic amines) is 1. The van der Waals surface area contributed by atoms with Crippen LogP contribution in [0.3, 0.4) is 0 Å². The summed E-state index contributed by atoms with van der Waals surface area (Å²) in [6, 6.07) is 10.4. The molecule has 3 aliphatic rings. The van der Waals surface area contributed by atoms with Gasteiger partial charge < -0.3 is 14.4 Å². The third-order valence-corrected chi connectivity index (χ3v) is 6.67. The molecule has 0 saturated carbocycles. The van der Waals surface area contributed by atoms with E-state index in [0.717, 1.165) is 37.0 Å². The van der Waals surface area contributed by atoms with Crippen molar-refractivity contribution < 1.29 is 23.0 Å². The van der Waals surface area contributed by atoms with Crippen LogP contribution in [0.1, 0.15) is 44.2 Å². The highest BCUT2D eigenvalue weighted by molar-refractivity contribution is 5.97. The van der Waals surface area contributed by atoms with Gasteiger partial charge in [-0.25, -0.2) is 8.78 Å². The van der Waals surface area contributed by atoms with Gasteiger partial charge in [0.15, 0.2) is 0 Å². The van der Waals surface area contributed by atoms with Gasteiger partial charge in [-0.15, -0.1) is 5.10 Å². The van der Waals surface area contributed by atoms with Crippen molar-refractivity contribution in [3.05, 3.63) is 77.5 Å². The van der Waals surface area contributed by atoms with Crippen LogP contribution in [0.15, 0.2) is 59.8 Å². The van der Waals surface area contributed by atoms with Crippen LogP contribution in [0.4, 0.5) is 8.78 Å². The molecule has 1 saturated heterocycles. The van der Waals surface area contributed by atoms with Gasteiger partial charge in [-0.05, 0) is 37.3 Å². The summed E-state index contributed by atoms with van der Waals surface area (Å²) in [6.07, 6.45) is 1.69. The molecule has 5 rings (SSSR count). The molecular formula is C25H25F2N3O3. The van der Waals surface area contributed by atoms with Crippen molar-refractivity contribution >= 4 is 11.8 Å². The lowest BCUT2D eigenvalue weighted by atomic mass is 9.78. The molecule has 2 aromatic carbocycles. The zero-order valence-electron chi connectivity index (χ0n) is 18.6. The first-order valence-electron chi connectivity index (χ1n) is 11.0. The van der Waals surface area contributed by atoms with Gasteiger partial charge in [0.1, 0.15) is 23.0 Å². The van der Waals surface area contributed by atoms with E-state index in [1.807, 2.05) is 31.2 Å². The fourth-order valence-electron chi connectivity index (χ4n) is 5.02. The fraction of sp³-hybridized carbons (Fsp3) is 0.360. The highest BCUT2D eigenvalue weighted by Gasteiger charge is 2.59. The van der Waals surface area contributed by atoms with E-state index in [0.29, 0.717) is 30.6 Å². The number of benzene rings is 2. The number of fused-ring (bicyclic) bond motifs is 2. The van der Waals surface area contributed by atoms with Crippen LogP contribution < -0.4 is 4.74 Å². The number of piperidine rings is 1. The number of hydrogen-bond donors (Lipinski definition) is 0. The second-order valence-electron chi connectivity index (χ2n) is 8.93. The lowest BCUT2D eigenvalue weighted by molar-refractivity contribution is -0.171. The average molecular weight is 453 g/mol. The van der Waals surface area contributed by atoms with E-state index in [2.05, 4.69) is 16.6 Å². The Morgan fingerprint density at radius 3 is 2.52 bits per heavy atom. The second-order valence-corrected chi connectivity index (χ2v) is 8.93. The molecule has 0 aromatic heterocycles. The number of hydrazone groups is 1. The molecule has 0 radical (unpaired) electrons. The number of ether oxygens (including phenoxy) is 2. The van der Waals surface area contributed by atoms with Crippen molar-refractivity contribution in [1.29, 1.82) is 0 Å². The minimum atomic E-state index is -1.32. The number of amides is 1. The first-order chi connectivity index (χ1) is 15.7. The quantitative estimate of drug-likeness (QED) is 0.672. The predicted molar refractivity (Wildman–Crippen MR) is 118 cm³/mol. The monoisotopic (exact) mass is 453 g/mol. The van der Waals surface area contributed by atoms with E-state index < -0.39 is 23.0 Å². The number of carbonyl (C=O) groups excluding carboxylic acids is 1. The highest BCUT2D eigenvalue weighted by Crippen LogP contribution is 2.53. The summed E-state index contributed by atoms with van der Waals surface area (Å²) in [4.78, 5) is 15.0. The Hall–Kier alpha value is -3.42. The van der Waals surface area contributed by atoms with Crippen molar-refractivity contribution in [2.75, 3.05) is 13.1 Å². The highest BCUT2D eigenvalue weighted by atomic mass is 19.1. The summed E-state index contributed by atoms with van der Waals surface area (Å²) >= 11 is 0. The van der Waals surface area contributed by atoms with Crippen molar-refractivity contribution in [3.8, 4) is 5.75 Å². The zero-order valence-corrected chi connectivity index (χ0v) is 18.6. The normalized spacial score (nSPS) is 23.1. The SMILES string of the molecule is C=C(C)N1CCC2(CC1)CC1(OC(c3cc(F)ccc3F)=NN1C(C)=O)c1ccccc1O2. The number of halogens is 2. The van der Waals surface area contributed by atoms with Crippen LogP contribution in [0, 0.1) is 11.6 Å². The van der Waals surface area contributed by atoms with Gasteiger partial charge in [-0.3, -0.25) is 4.79 Å². The van der Waals surface area contributed by atoms with Crippen LogP contribution in [0.2, 0.25) is 0 Å². The summed E-state index contributed by atoms with van der Waals surface area (Å²) in [5.41, 5.74) is -0.443. The van der Waals surface area contributed by atoms with E-state index in [1.165, 1.54) is 11.9 Å². The second kappa shape index (κ2) is 7.57. The third-order valence-electron chi connectivity index (χ3n) is 6.67. The van der Waals surface area contributed by atoms with E-state index in [9.17, 15) is 13.6 Å². The number of nitrogens with zero attached hydrogens (tertiary/aromatic N) is 3.